The number of benzene rings is 2. The molecule has 4 amide bonds. The molecule has 352 valence electrons. The first-order valence-corrected chi connectivity index (χ1v) is 24.1. The van der Waals surface area contributed by atoms with Crippen LogP contribution in [0.3, 0.4) is 0 Å². The number of alkyl halides is 1. The summed E-state index contributed by atoms with van der Waals surface area (Å²) in [5, 5.41) is 23.3. The number of amides is 4. The number of halogens is 3. The number of carbonyl (C=O) groups is 4. The fourth-order valence-corrected chi connectivity index (χ4v) is 10.5. The number of piperazine rings is 1. The molecule has 2 aliphatic heterocycles. The monoisotopic (exact) mass is 955 g/mol. The standard InChI is InChI=1S/C46H60Cl2FN9O6S/c1-45(2,38(54-43(63)46(49)15-16-46)42(62)58-26-33(59)22-36(58)40(60)51-23-28-9-12-32(47)13-10-28)65-27-30-7-5-29(6-8-30)25-56-17-19-57(20-18-56)41(61)31-11-14-35(37(21-31)64-4)53-44-52-24-34(48)39(50-3)55-44/h9-14,21,24,29-30,33,36,38,59H,5-8,15-20,22-23,25-27H2,1-4H3,(H,51,60)(H,54,63)(H2,50,52,53,55)/t29-,30-,33-,36?,38-/m1/s1. The molecule has 2 saturated heterocycles. The van der Waals surface area contributed by atoms with Crippen LogP contribution in [0.1, 0.15) is 74.7 Å². The smallest absolute Gasteiger partial charge is 0.258 e. The molecule has 15 nitrogen and oxygen atoms in total. The first-order valence-electron chi connectivity index (χ1n) is 22.4. The normalized spacial score (nSPS) is 22.5. The van der Waals surface area contributed by atoms with E-state index in [4.69, 9.17) is 27.9 Å². The largest absolute Gasteiger partial charge is 0.495 e. The second kappa shape index (κ2) is 21.0. The number of rotatable bonds is 17. The van der Waals surface area contributed by atoms with Gasteiger partial charge in [0.2, 0.25) is 17.8 Å². The van der Waals surface area contributed by atoms with Gasteiger partial charge in [0.05, 0.1) is 25.1 Å². The molecule has 0 radical (unpaired) electrons. The van der Waals surface area contributed by atoms with Crippen molar-refractivity contribution >= 4 is 76.0 Å². The Morgan fingerprint density at radius 1 is 1.02 bits per heavy atom. The van der Waals surface area contributed by atoms with E-state index < -0.39 is 46.3 Å². The van der Waals surface area contributed by atoms with Crippen LogP contribution in [0.25, 0.3) is 0 Å². The van der Waals surface area contributed by atoms with Gasteiger partial charge < -0.3 is 40.9 Å². The summed E-state index contributed by atoms with van der Waals surface area (Å²) in [7, 11) is 3.27. The van der Waals surface area contributed by atoms with E-state index in [-0.39, 0.29) is 38.3 Å². The molecule has 19 heteroatoms. The molecule has 3 heterocycles. The zero-order valence-electron chi connectivity index (χ0n) is 37.4. The van der Waals surface area contributed by atoms with Gasteiger partial charge in [0.15, 0.2) is 5.67 Å². The second-order valence-corrected chi connectivity index (χ2v) is 20.7. The highest BCUT2D eigenvalue weighted by Crippen LogP contribution is 2.42. The van der Waals surface area contributed by atoms with Crippen LogP contribution >= 0.6 is 35.0 Å². The van der Waals surface area contributed by atoms with Gasteiger partial charge >= 0.3 is 0 Å². The lowest BCUT2D eigenvalue weighted by molar-refractivity contribution is -0.143. The maximum atomic E-state index is 15.1. The summed E-state index contributed by atoms with van der Waals surface area (Å²) in [5.74, 6) is 1.21. The van der Waals surface area contributed by atoms with E-state index in [1.807, 2.05) is 18.7 Å². The van der Waals surface area contributed by atoms with Crippen LogP contribution < -0.4 is 26.0 Å². The Morgan fingerprint density at radius 3 is 2.37 bits per heavy atom. The quantitative estimate of drug-likeness (QED) is 0.108. The lowest BCUT2D eigenvalue weighted by atomic mass is 9.82. The number of methoxy groups -OCH3 is 1. The van der Waals surface area contributed by atoms with E-state index in [1.165, 1.54) is 11.1 Å². The average Bonchev–Trinajstić information content (AvgIpc) is 3.95. The molecule has 2 aliphatic carbocycles. The molecular formula is C46H60Cl2FN9O6S. The third-order valence-corrected chi connectivity index (χ3v) is 15.2. The van der Waals surface area contributed by atoms with Gasteiger partial charge in [-0.2, -0.15) is 16.7 Å². The fourth-order valence-electron chi connectivity index (χ4n) is 8.84. The van der Waals surface area contributed by atoms with Crippen LogP contribution in [0.5, 0.6) is 5.75 Å². The number of carbonyl (C=O) groups excluding carboxylic acids is 4. The number of anilines is 3. The minimum Gasteiger partial charge on any atom is -0.495 e. The highest BCUT2D eigenvalue weighted by molar-refractivity contribution is 8.00. The molecule has 4 fully saturated rings. The Kier molecular flexibility index (Phi) is 15.7. The number of nitrogens with zero attached hydrogens (tertiary/aromatic N) is 5. The molecular weight excluding hydrogens is 897 g/mol. The third-order valence-electron chi connectivity index (χ3n) is 13.1. The van der Waals surface area contributed by atoms with Crippen LogP contribution in [0.2, 0.25) is 10.0 Å². The van der Waals surface area contributed by atoms with Gasteiger partial charge in [0.1, 0.15) is 28.7 Å². The van der Waals surface area contributed by atoms with Crippen molar-refractivity contribution in [3.05, 3.63) is 69.8 Å². The number of β-amino-alcohol motifs (C(OH)–C–C–N with tert-alkyl or cyclic N) is 1. The van der Waals surface area contributed by atoms with E-state index in [0.29, 0.717) is 63.7 Å². The molecule has 2 aromatic carbocycles. The highest BCUT2D eigenvalue weighted by atomic mass is 35.5. The van der Waals surface area contributed by atoms with Gasteiger partial charge in [-0.1, -0.05) is 35.3 Å². The predicted molar refractivity (Wildman–Crippen MR) is 252 cm³/mol. The van der Waals surface area contributed by atoms with Gasteiger partial charge in [-0.3, -0.25) is 24.1 Å². The number of aliphatic hydroxyl groups is 1. The predicted octanol–water partition coefficient (Wildman–Crippen LogP) is 5.92. The summed E-state index contributed by atoms with van der Waals surface area (Å²) in [6.45, 7) is 7.70. The van der Waals surface area contributed by atoms with Gasteiger partial charge in [0, 0.05) is 74.6 Å². The van der Waals surface area contributed by atoms with Crippen molar-refractivity contribution in [2.24, 2.45) is 11.8 Å². The second-order valence-electron chi connectivity index (χ2n) is 18.2. The minimum absolute atomic E-state index is 0.0514. The third kappa shape index (κ3) is 12.1. The Labute approximate surface area is 394 Å². The van der Waals surface area contributed by atoms with Crippen molar-refractivity contribution in [1.82, 2.24) is 35.3 Å². The Balaban J connectivity index is 0.882. The summed E-state index contributed by atoms with van der Waals surface area (Å²) >= 11 is 13.7. The van der Waals surface area contributed by atoms with Crippen molar-refractivity contribution in [3.8, 4) is 5.75 Å². The van der Waals surface area contributed by atoms with Crippen molar-refractivity contribution in [1.29, 1.82) is 0 Å². The molecule has 7 rings (SSSR count). The van der Waals surface area contributed by atoms with Gasteiger partial charge in [-0.15, -0.1) is 0 Å². The van der Waals surface area contributed by atoms with E-state index >= 15 is 4.39 Å². The van der Waals surface area contributed by atoms with Crippen LogP contribution in [0.4, 0.5) is 21.8 Å². The lowest BCUT2D eigenvalue weighted by Gasteiger charge is -2.40. The number of aliphatic hydroxyl groups excluding tert-OH is 1. The Morgan fingerprint density at radius 2 is 1.71 bits per heavy atom. The molecule has 3 atom stereocenters. The van der Waals surface area contributed by atoms with Crippen LogP contribution in [-0.4, -0.2) is 141 Å². The molecule has 5 N–H and O–H groups in total. The van der Waals surface area contributed by atoms with E-state index in [9.17, 15) is 24.3 Å². The molecule has 4 aliphatic rings. The number of nitrogens with one attached hydrogen (secondary N) is 4. The van der Waals surface area contributed by atoms with Crippen molar-refractivity contribution in [3.63, 3.8) is 0 Å². The maximum Gasteiger partial charge on any atom is 0.258 e. The first kappa shape index (κ1) is 48.5. The van der Waals surface area contributed by atoms with Crippen molar-refractivity contribution < 1.29 is 33.4 Å². The maximum absolute atomic E-state index is 15.1. The number of hydrogen-bond donors (Lipinski definition) is 5. The number of ether oxygens (including phenoxy) is 1. The van der Waals surface area contributed by atoms with Gasteiger partial charge in [-0.25, -0.2) is 9.37 Å². The van der Waals surface area contributed by atoms with Crippen molar-refractivity contribution in [2.45, 2.75) is 93.9 Å². The minimum atomic E-state index is -1.99. The summed E-state index contributed by atoms with van der Waals surface area (Å²) in [6, 6.07) is 10.3. The average molecular weight is 957 g/mol. The summed E-state index contributed by atoms with van der Waals surface area (Å²) in [4.78, 5) is 68.9. The number of thioether (sulfide) groups is 1. The zero-order chi connectivity index (χ0) is 46.5. The van der Waals surface area contributed by atoms with E-state index in [0.717, 1.165) is 56.6 Å². The van der Waals surface area contributed by atoms with E-state index in [1.54, 1.807) is 68.4 Å². The number of likely N-dealkylation sites (tertiary alicyclic amines) is 1. The first-order chi connectivity index (χ1) is 31.0. The number of aromatic nitrogens is 2. The molecule has 1 aromatic heterocycles. The highest BCUT2D eigenvalue weighted by Gasteiger charge is 2.54. The summed E-state index contributed by atoms with van der Waals surface area (Å²) < 4.78 is 19.8. The Bertz CT molecular complexity index is 2190. The molecule has 3 aromatic rings. The summed E-state index contributed by atoms with van der Waals surface area (Å²) in [5.41, 5.74) is -0.0179. The topological polar surface area (TPSA) is 181 Å². The Hall–Kier alpha value is -4.42. The van der Waals surface area contributed by atoms with Crippen LogP contribution in [0.15, 0.2) is 48.7 Å². The van der Waals surface area contributed by atoms with E-state index in [2.05, 4.69) is 36.1 Å². The molecule has 0 bridgehead atoms. The molecule has 2 saturated carbocycles. The fraction of sp³-hybridized carbons (Fsp3) is 0.565. The van der Waals surface area contributed by atoms with Crippen LogP contribution in [-0.2, 0) is 20.9 Å². The van der Waals surface area contributed by atoms with Crippen molar-refractivity contribution in [2.75, 3.05) is 69.8 Å². The van der Waals surface area contributed by atoms with Crippen LogP contribution in [0, 0.1) is 11.8 Å². The number of hydrogen-bond acceptors (Lipinski definition) is 12. The lowest BCUT2D eigenvalue weighted by Crippen LogP contribution is -2.61. The molecule has 65 heavy (non-hydrogen) atoms. The SMILES string of the molecule is CNc1nc(Nc2ccc(C(=O)N3CCN(C[C@H]4CC[C@H](CSC(C)(C)[C@H](NC(=O)C5(F)CC5)C(=O)N5C[C@H](O)CC5C(=O)NCc5ccc(Cl)cc5)CC4)CC3)cc2OC)ncc1Cl. The zero-order valence-corrected chi connectivity index (χ0v) is 39.7. The van der Waals surface area contributed by atoms with Gasteiger partial charge in [-0.05, 0) is 106 Å². The molecule has 0 spiro atoms. The summed E-state index contributed by atoms with van der Waals surface area (Å²) in [6.07, 6.45) is 5.01. The van der Waals surface area contributed by atoms with Gasteiger partial charge in [0.25, 0.3) is 11.8 Å². The molecule has 1 unspecified atom stereocenters.